The fourth-order valence-corrected chi connectivity index (χ4v) is 1.31. The van der Waals surface area contributed by atoms with Crippen LogP contribution in [0.2, 0.25) is 0 Å². The normalized spacial score (nSPS) is 10.0. The number of hydrogen-bond acceptors (Lipinski definition) is 1. The molecule has 0 rings (SSSR count). The molecule has 0 amide bonds. The second-order valence-corrected chi connectivity index (χ2v) is 3.67. The Balaban J connectivity index is 2.87. The first-order valence-corrected chi connectivity index (χ1v) is 5.55. The molecule has 0 aliphatic carbocycles. The number of rotatable bonds is 9. The zero-order valence-corrected chi connectivity index (χ0v) is 9.27. The second-order valence-electron chi connectivity index (χ2n) is 3.67. The van der Waals surface area contributed by atoms with Crippen molar-refractivity contribution in [3.05, 3.63) is 12.3 Å². The highest BCUT2D eigenvalue weighted by Gasteiger charge is 1.91. The van der Waals surface area contributed by atoms with Crippen molar-refractivity contribution in [2.75, 3.05) is 6.61 Å². The van der Waals surface area contributed by atoms with Gasteiger partial charge in [-0.3, -0.25) is 0 Å². The second kappa shape index (κ2) is 9.63. The van der Waals surface area contributed by atoms with Crippen molar-refractivity contribution in [2.45, 2.75) is 58.8 Å². The van der Waals surface area contributed by atoms with E-state index in [1.807, 2.05) is 6.92 Å². The molecule has 0 aliphatic heterocycles. The maximum Gasteiger partial charge on any atom is 0.0876 e. The highest BCUT2D eigenvalue weighted by molar-refractivity contribution is 4.73. The molecule has 0 aliphatic rings. The van der Waals surface area contributed by atoms with E-state index in [1.54, 1.807) is 0 Å². The van der Waals surface area contributed by atoms with Crippen molar-refractivity contribution in [3.8, 4) is 0 Å². The van der Waals surface area contributed by atoms with Crippen molar-refractivity contribution in [1.29, 1.82) is 0 Å². The van der Waals surface area contributed by atoms with Gasteiger partial charge in [-0.05, 0) is 13.3 Å². The van der Waals surface area contributed by atoms with Gasteiger partial charge in [-0.25, -0.2) is 0 Å². The summed E-state index contributed by atoms with van der Waals surface area (Å²) < 4.78 is 5.28. The van der Waals surface area contributed by atoms with Crippen LogP contribution >= 0.6 is 0 Å². The van der Waals surface area contributed by atoms with E-state index in [9.17, 15) is 0 Å². The minimum absolute atomic E-state index is 0.839. The molecule has 0 heterocycles. The Bertz CT molecular complexity index is 118. The Kier molecular flexibility index (Phi) is 9.29. The first-order valence-electron chi connectivity index (χ1n) is 5.55. The van der Waals surface area contributed by atoms with Gasteiger partial charge in [0.25, 0.3) is 0 Å². The lowest BCUT2D eigenvalue weighted by molar-refractivity contribution is 0.208. The largest absolute Gasteiger partial charge is 0.499 e. The summed E-state index contributed by atoms with van der Waals surface area (Å²) in [6.45, 7) is 8.70. The van der Waals surface area contributed by atoms with Crippen LogP contribution in [0.1, 0.15) is 58.8 Å². The summed E-state index contributed by atoms with van der Waals surface area (Å²) in [4.78, 5) is 0. The molecule has 1 nitrogen and oxygen atoms in total. The molecule has 0 unspecified atom stereocenters. The minimum atomic E-state index is 0.839. The van der Waals surface area contributed by atoms with E-state index < -0.39 is 0 Å². The summed E-state index contributed by atoms with van der Waals surface area (Å²) in [5.74, 6) is 0.839. The molecule has 0 radical (unpaired) electrons. The molecule has 0 saturated heterocycles. The summed E-state index contributed by atoms with van der Waals surface area (Å²) >= 11 is 0. The lowest BCUT2D eigenvalue weighted by Crippen LogP contribution is -1.91. The average Bonchev–Trinajstić information content (AvgIpc) is 2.09. The van der Waals surface area contributed by atoms with E-state index in [1.165, 1.54) is 44.9 Å². The van der Waals surface area contributed by atoms with Crippen LogP contribution in [0.25, 0.3) is 0 Å². The Morgan fingerprint density at radius 3 is 2.08 bits per heavy atom. The third-order valence-corrected chi connectivity index (χ3v) is 2.10. The third-order valence-electron chi connectivity index (χ3n) is 2.10. The number of unbranched alkanes of at least 4 members (excludes halogenated alkanes) is 6. The first kappa shape index (κ1) is 12.5. The summed E-state index contributed by atoms with van der Waals surface area (Å²) in [5, 5.41) is 0. The Morgan fingerprint density at radius 1 is 1.00 bits per heavy atom. The maximum absolute atomic E-state index is 5.28. The molecule has 0 aromatic rings. The van der Waals surface area contributed by atoms with Crippen LogP contribution in [-0.2, 0) is 4.74 Å². The summed E-state index contributed by atoms with van der Waals surface area (Å²) in [5.41, 5.74) is 0. The topological polar surface area (TPSA) is 9.23 Å². The lowest BCUT2D eigenvalue weighted by atomic mass is 10.1. The van der Waals surface area contributed by atoms with Crippen LogP contribution in [-0.4, -0.2) is 6.61 Å². The van der Waals surface area contributed by atoms with Crippen molar-refractivity contribution < 1.29 is 4.74 Å². The highest BCUT2D eigenvalue weighted by Crippen LogP contribution is 2.07. The number of allylic oxidation sites excluding steroid dienone is 1. The van der Waals surface area contributed by atoms with E-state index in [4.69, 9.17) is 4.74 Å². The monoisotopic (exact) mass is 184 g/mol. The Labute approximate surface area is 83.2 Å². The molecule has 0 fully saturated rings. The van der Waals surface area contributed by atoms with Crippen LogP contribution in [0.3, 0.4) is 0 Å². The van der Waals surface area contributed by atoms with E-state index >= 15 is 0 Å². The number of ether oxygens (including phenoxy) is 1. The lowest BCUT2D eigenvalue weighted by Gasteiger charge is -2.04. The van der Waals surface area contributed by atoms with E-state index in [2.05, 4.69) is 13.5 Å². The van der Waals surface area contributed by atoms with Gasteiger partial charge < -0.3 is 4.74 Å². The van der Waals surface area contributed by atoms with Gasteiger partial charge in [0, 0.05) is 0 Å². The quantitative estimate of drug-likeness (QED) is 0.384. The zero-order chi connectivity index (χ0) is 9.94. The predicted octanol–water partition coefficient (Wildman–Crippen LogP) is 4.29. The van der Waals surface area contributed by atoms with Crippen molar-refractivity contribution in [1.82, 2.24) is 0 Å². The first-order chi connectivity index (χ1) is 6.27. The summed E-state index contributed by atoms with van der Waals surface area (Å²) in [7, 11) is 0. The highest BCUT2D eigenvalue weighted by atomic mass is 16.5. The van der Waals surface area contributed by atoms with Crippen molar-refractivity contribution in [3.63, 3.8) is 0 Å². The maximum atomic E-state index is 5.28. The predicted molar refractivity (Wildman–Crippen MR) is 58.8 cm³/mol. The van der Waals surface area contributed by atoms with Gasteiger partial charge in [-0.15, -0.1) is 0 Å². The fraction of sp³-hybridized carbons (Fsp3) is 0.833. The van der Waals surface area contributed by atoms with Gasteiger partial charge in [-0.1, -0.05) is 52.0 Å². The molecular formula is C12H24O. The Hall–Kier alpha value is -0.460. The molecule has 0 atom stereocenters. The van der Waals surface area contributed by atoms with E-state index in [-0.39, 0.29) is 0 Å². The SMILES string of the molecule is C=C(C)OCCCCCCCCC. The molecule has 0 saturated carbocycles. The molecule has 1 heteroatoms. The van der Waals surface area contributed by atoms with Crippen molar-refractivity contribution >= 4 is 0 Å². The molecule has 0 bridgehead atoms. The van der Waals surface area contributed by atoms with Gasteiger partial charge in [0.15, 0.2) is 0 Å². The van der Waals surface area contributed by atoms with Gasteiger partial charge >= 0.3 is 0 Å². The minimum Gasteiger partial charge on any atom is -0.499 e. The van der Waals surface area contributed by atoms with Crippen LogP contribution in [0.4, 0.5) is 0 Å². The molecule has 0 aromatic carbocycles. The molecule has 78 valence electrons. The van der Waals surface area contributed by atoms with Gasteiger partial charge in [0.05, 0.1) is 12.4 Å². The van der Waals surface area contributed by atoms with E-state index in [0.29, 0.717) is 0 Å². The van der Waals surface area contributed by atoms with Gasteiger partial charge in [0.2, 0.25) is 0 Å². The summed E-state index contributed by atoms with van der Waals surface area (Å²) in [6.07, 6.45) is 9.36. The molecule has 13 heavy (non-hydrogen) atoms. The van der Waals surface area contributed by atoms with Crippen LogP contribution in [0.5, 0.6) is 0 Å². The molecule has 0 N–H and O–H groups in total. The summed E-state index contributed by atoms with van der Waals surface area (Å²) in [6, 6.07) is 0. The van der Waals surface area contributed by atoms with Crippen LogP contribution in [0, 0.1) is 0 Å². The van der Waals surface area contributed by atoms with Crippen LogP contribution in [0.15, 0.2) is 12.3 Å². The fourth-order valence-electron chi connectivity index (χ4n) is 1.31. The molecular weight excluding hydrogens is 160 g/mol. The smallest absolute Gasteiger partial charge is 0.0876 e. The molecule has 0 spiro atoms. The van der Waals surface area contributed by atoms with E-state index in [0.717, 1.165) is 12.4 Å². The molecule has 0 aromatic heterocycles. The third kappa shape index (κ3) is 11.5. The van der Waals surface area contributed by atoms with Gasteiger partial charge in [-0.2, -0.15) is 0 Å². The van der Waals surface area contributed by atoms with Crippen molar-refractivity contribution in [2.24, 2.45) is 0 Å². The van der Waals surface area contributed by atoms with Gasteiger partial charge in [0.1, 0.15) is 0 Å². The average molecular weight is 184 g/mol. The van der Waals surface area contributed by atoms with Crippen LogP contribution < -0.4 is 0 Å². The number of hydrogen-bond donors (Lipinski definition) is 0. The standard InChI is InChI=1S/C12H24O/c1-4-5-6-7-8-9-10-11-13-12(2)3/h2,4-11H2,1,3H3. The Morgan fingerprint density at radius 2 is 1.54 bits per heavy atom. The zero-order valence-electron chi connectivity index (χ0n) is 9.27.